The second kappa shape index (κ2) is 7.67. The first-order chi connectivity index (χ1) is 14.8. The van der Waals surface area contributed by atoms with E-state index in [4.69, 9.17) is 5.11 Å². The van der Waals surface area contributed by atoms with Gasteiger partial charge in [-0.25, -0.2) is 4.68 Å². The van der Waals surface area contributed by atoms with E-state index in [0.717, 1.165) is 43.5 Å². The van der Waals surface area contributed by atoms with Gasteiger partial charge in [-0.1, -0.05) is 18.2 Å². The fourth-order valence-corrected chi connectivity index (χ4v) is 6.90. The van der Waals surface area contributed by atoms with Crippen LogP contribution in [0.5, 0.6) is 0 Å². The van der Waals surface area contributed by atoms with E-state index in [-0.39, 0.29) is 11.8 Å². The third kappa shape index (κ3) is 4.23. The van der Waals surface area contributed by atoms with Crippen LogP contribution in [0.2, 0.25) is 0 Å². The quantitative estimate of drug-likeness (QED) is 0.593. The van der Waals surface area contributed by atoms with Crippen LogP contribution in [-0.2, 0) is 24.3 Å². The molecule has 4 saturated carbocycles. The van der Waals surface area contributed by atoms with Crippen molar-refractivity contribution in [2.75, 3.05) is 6.54 Å². The number of hydrogen-bond donors (Lipinski definition) is 3. The summed E-state index contributed by atoms with van der Waals surface area (Å²) in [5.41, 5.74) is 3.31. The van der Waals surface area contributed by atoms with Crippen LogP contribution in [0.4, 0.5) is 0 Å². The number of aryl methyl sites for hydroxylation is 1. The molecule has 4 aliphatic carbocycles. The highest BCUT2D eigenvalue weighted by atomic mass is 16.4. The van der Waals surface area contributed by atoms with Crippen molar-refractivity contribution < 1.29 is 15.0 Å². The summed E-state index contributed by atoms with van der Waals surface area (Å²) >= 11 is 0. The molecule has 4 aliphatic rings. The Morgan fingerprint density at radius 2 is 2.03 bits per heavy atom. The molecule has 31 heavy (non-hydrogen) atoms. The van der Waals surface area contributed by atoms with Gasteiger partial charge in [0.1, 0.15) is 6.42 Å². The molecule has 2 aromatic rings. The van der Waals surface area contributed by atoms with Crippen LogP contribution >= 0.6 is 0 Å². The highest BCUT2D eigenvalue weighted by Gasteiger charge is 2.56. The number of nitrogens with one attached hydrogen (secondary N) is 1. The fourth-order valence-electron chi connectivity index (χ4n) is 6.90. The molecule has 4 bridgehead atoms. The fraction of sp³-hybridized carbons (Fsp3) is 0.652. The van der Waals surface area contributed by atoms with Gasteiger partial charge >= 0.3 is 5.97 Å². The first kappa shape index (κ1) is 20.6. The summed E-state index contributed by atoms with van der Waals surface area (Å²) in [4.78, 5) is 11.0. The lowest BCUT2D eigenvalue weighted by Gasteiger charge is -2.60. The monoisotopic (exact) mass is 425 g/mol. The molecule has 1 aromatic carbocycles. The summed E-state index contributed by atoms with van der Waals surface area (Å²) in [6, 6.07) is 6.37. The van der Waals surface area contributed by atoms with Crippen molar-refractivity contribution in [3.63, 3.8) is 0 Å². The minimum atomic E-state index is -0.944. The lowest BCUT2D eigenvalue weighted by molar-refractivity contribution is -0.162. The lowest BCUT2D eigenvalue weighted by atomic mass is 9.48. The first-order valence-corrected chi connectivity index (χ1v) is 11.3. The lowest BCUT2D eigenvalue weighted by Crippen LogP contribution is -2.58. The molecule has 8 heteroatoms. The van der Waals surface area contributed by atoms with E-state index in [2.05, 4.69) is 46.0 Å². The second-order valence-electron chi connectivity index (χ2n) is 10.4. The van der Waals surface area contributed by atoms with Crippen molar-refractivity contribution in [1.82, 2.24) is 25.5 Å². The minimum Gasteiger partial charge on any atom is -0.481 e. The van der Waals surface area contributed by atoms with Gasteiger partial charge in [-0.15, -0.1) is 5.10 Å². The third-order valence-corrected chi connectivity index (χ3v) is 7.62. The summed E-state index contributed by atoms with van der Waals surface area (Å²) in [7, 11) is 0. The van der Waals surface area contributed by atoms with Gasteiger partial charge in [0, 0.05) is 13.1 Å². The van der Waals surface area contributed by atoms with Gasteiger partial charge in [-0.3, -0.25) is 4.79 Å². The third-order valence-electron chi connectivity index (χ3n) is 7.62. The van der Waals surface area contributed by atoms with Crippen LogP contribution in [0.15, 0.2) is 18.2 Å². The number of benzene rings is 1. The van der Waals surface area contributed by atoms with Gasteiger partial charge in [-0.2, -0.15) is 0 Å². The number of hydrogen-bond acceptors (Lipinski definition) is 6. The van der Waals surface area contributed by atoms with E-state index in [1.165, 1.54) is 24.8 Å². The Labute approximate surface area is 182 Å². The maximum absolute atomic E-state index is 11.0. The number of nitrogens with zero attached hydrogens (tertiary/aromatic N) is 4. The van der Waals surface area contributed by atoms with Crippen molar-refractivity contribution in [2.45, 2.75) is 70.6 Å². The van der Waals surface area contributed by atoms with E-state index < -0.39 is 11.6 Å². The highest BCUT2D eigenvalue weighted by molar-refractivity contribution is 5.68. The molecule has 2 atom stereocenters. The Hall–Kier alpha value is -2.32. The van der Waals surface area contributed by atoms with Gasteiger partial charge in [0.2, 0.25) is 0 Å². The topological polar surface area (TPSA) is 113 Å². The Balaban J connectivity index is 1.20. The van der Waals surface area contributed by atoms with Gasteiger partial charge < -0.3 is 15.5 Å². The number of carboxylic acids is 1. The Kier molecular flexibility index (Phi) is 5.09. The van der Waals surface area contributed by atoms with Crippen molar-refractivity contribution in [3.05, 3.63) is 40.7 Å². The van der Waals surface area contributed by atoms with E-state index in [0.29, 0.717) is 24.2 Å². The molecule has 6 rings (SSSR count). The number of aliphatic carboxylic acids is 1. The highest BCUT2D eigenvalue weighted by Crippen LogP contribution is 2.61. The zero-order valence-electron chi connectivity index (χ0n) is 18.0. The van der Waals surface area contributed by atoms with Crippen LogP contribution in [0.1, 0.15) is 61.0 Å². The standard InChI is InChI=1S/C23H31N5O3/c1-15-4-16(2-3-19(15)12-28-20(6-21(29)30)25-26-27-28)11-24-14-22-7-17-5-18(8-22)10-23(31,9-17)13-22/h2-4,17-18,24,31H,5-14H2,1H3,(H,29,30). The molecule has 3 N–H and O–H groups in total. The number of rotatable bonds is 8. The molecular weight excluding hydrogens is 394 g/mol. The molecular formula is C23H31N5O3. The molecule has 1 aromatic heterocycles. The summed E-state index contributed by atoms with van der Waals surface area (Å²) in [6.45, 7) is 4.31. The SMILES string of the molecule is Cc1cc(CNCC23CC4CC(CC(O)(C4)C2)C3)ccc1Cn1nnnc1CC(=O)O. The Morgan fingerprint density at radius 1 is 1.26 bits per heavy atom. The number of carbonyl (C=O) groups is 1. The predicted molar refractivity (Wildman–Crippen MR) is 113 cm³/mol. The maximum atomic E-state index is 11.0. The molecule has 0 amide bonds. The molecule has 0 aliphatic heterocycles. The van der Waals surface area contributed by atoms with E-state index in [1.807, 2.05) is 0 Å². The van der Waals surface area contributed by atoms with Crippen molar-refractivity contribution in [2.24, 2.45) is 17.3 Å². The molecule has 0 spiro atoms. The average Bonchev–Trinajstić information content (AvgIpc) is 3.07. The molecule has 1 heterocycles. The van der Waals surface area contributed by atoms with Crippen LogP contribution in [0.25, 0.3) is 0 Å². The molecule has 2 unspecified atom stereocenters. The number of carboxylic acid groups (broad SMARTS) is 1. The molecule has 4 fully saturated rings. The maximum Gasteiger partial charge on any atom is 0.311 e. The minimum absolute atomic E-state index is 0.188. The molecule has 166 valence electrons. The van der Waals surface area contributed by atoms with Gasteiger partial charge in [0.25, 0.3) is 0 Å². The number of aromatic nitrogens is 4. The van der Waals surface area contributed by atoms with E-state index >= 15 is 0 Å². The summed E-state index contributed by atoms with van der Waals surface area (Å²) in [6.07, 6.45) is 6.65. The summed E-state index contributed by atoms with van der Waals surface area (Å²) < 4.78 is 1.55. The van der Waals surface area contributed by atoms with Crippen LogP contribution in [-0.4, -0.2) is 48.5 Å². The zero-order chi connectivity index (χ0) is 21.6. The van der Waals surface area contributed by atoms with Gasteiger partial charge in [-0.05, 0) is 89.8 Å². The molecule has 0 saturated heterocycles. The summed E-state index contributed by atoms with van der Waals surface area (Å²) in [5, 5.41) is 35.0. The van der Waals surface area contributed by atoms with Crippen molar-refractivity contribution in [1.29, 1.82) is 0 Å². The Bertz CT molecular complexity index is 973. The van der Waals surface area contributed by atoms with Gasteiger partial charge in [0.15, 0.2) is 5.82 Å². The average molecular weight is 426 g/mol. The zero-order valence-corrected chi connectivity index (χ0v) is 18.0. The first-order valence-electron chi connectivity index (χ1n) is 11.3. The van der Waals surface area contributed by atoms with E-state index in [1.54, 1.807) is 4.68 Å². The number of tetrazole rings is 1. The smallest absolute Gasteiger partial charge is 0.311 e. The van der Waals surface area contributed by atoms with Crippen LogP contribution < -0.4 is 5.32 Å². The second-order valence-corrected chi connectivity index (χ2v) is 10.4. The normalized spacial score (nSPS) is 31.3. The van der Waals surface area contributed by atoms with Crippen LogP contribution in [0.3, 0.4) is 0 Å². The van der Waals surface area contributed by atoms with Gasteiger partial charge in [0.05, 0.1) is 12.1 Å². The Morgan fingerprint density at radius 3 is 2.71 bits per heavy atom. The number of aliphatic hydroxyl groups is 1. The summed E-state index contributed by atoms with van der Waals surface area (Å²) in [5.74, 6) is 0.842. The van der Waals surface area contributed by atoms with Crippen molar-refractivity contribution >= 4 is 5.97 Å². The molecule has 0 radical (unpaired) electrons. The van der Waals surface area contributed by atoms with Crippen molar-refractivity contribution in [3.8, 4) is 0 Å². The predicted octanol–water partition coefficient (Wildman–Crippen LogP) is 2.08. The molecule has 8 nitrogen and oxygen atoms in total. The largest absolute Gasteiger partial charge is 0.481 e. The van der Waals surface area contributed by atoms with E-state index in [9.17, 15) is 9.90 Å². The van der Waals surface area contributed by atoms with Crippen LogP contribution in [0, 0.1) is 24.2 Å².